The van der Waals surface area contributed by atoms with Crippen LogP contribution in [0.4, 0.5) is 0 Å². The predicted octanol–water partition coefficient (Wildman–Crippen LogP) is 4.28. The topological polar surface area (TPSA) is 15.3 Å². The predicted molar refractivity (Wildman–Crippen MR) is 93.1 cm³/mol. The van der Waals surface area contributed by atoms with Gasteiger partial charge in [-0.15, -0.1) is 11.3 Å². The van der Waals surface area contributed by atoms with Crippen molar-refractivity contribution < 1.29 is 0 Å². The van der Waals surface area contributed by atoms with E-state index in [0.29, 0.717) is 6.04 Å². The molecule has 2 heterocycles. The van der Waals surface area contributed by atoms with Gasteiger partial charge in [-0.25, -0.2) is 0 Å². The molecule has 1 atom stereocenters. The Morgan fingerprint density at radius 3 is 2.76 bits per heavy atom. The summed E-state index contributed by atoms with van der Waals surface area (Å²) in [5, 5.41) is 5.13. The summed E-state index contributed by atoms with van der Waals surface area (Å²) in [6, 6.07) is 11.5. The summed E-state index contributed by atoms with van der Waals surface area (Å²) in [5.41, 5.74) is 0. The van der Waals surface area contributed by atoms with Crippen LogP contribution in [0.25, 0.3) is 10.1 Å². The van der Waals surface area contributed by atoms with E-state index in [2.05, 4.69) is 54.4 Å². The highest BCUT2D eigenvalue weighted by atomic mass is 32.1. The maximum absolute atomic E-state index is 3.75. The van der Waals surface area contributed by atoms with Gasteiger partial charge in [-0.05, 0) is 69.4 Å². The fraction of sp³-hybridized carbons (Fsp3) is 0.556. The van der Waals surface area contributed by atoms with Crippen molar-refractivity contribution in [1.82, 2.24) is 10.2 Å². The number of piperidine rings is 1. The van der Waals surface area contributed by atoms with E-state index in [4.69, 9.17) is 0 Å². The summed E-state index contributed by atoms with van der Waals surface area (Å²) in [4.78, 5) is 4.02. The van der Waals surface area contributed by atoms with Crippen molar-refractivity contribution in [2.75, 3.05) is 26.2 Å². The lowest BCUT2D eigenvalue weighted by molar-refractivity contribution is 0.188. The van der Waals surface area contributed by atoms with E-state index in [1.54, 1.807) is 0 Å². The molecule has 0 amide bonds. The molecule has 3 heteroatoms. The average molecular weight is 302 g/mol. The summed E-state index contributed by atoms with van der Waals surface area (Å²) in [6.07, 6.45) is 2.69. The lowest BCUT2D eigenvalue weighted by Gasteiger charge is -2.31. The van der Waals surface area contributed by atoms with Gasteiger partial charge >= 0.3 is 0 Å². The first kappa shape index (κ1) is 15.0. The van der Waals surface area contributed by atoms with Crippen molar-refractivity contribution in [3.63, 3.8) is 0 Å². The van der Waals surface area contributed by atoms with Gasteiger partial charge < -0.3 is 10.2 Å². The van der Waals surface area contributed by atoms with Crippen molar-refractivity contribution in [2.45, 2.75) is 32.7 Å². The molecule has 0 radical (unpaired) electrons. The van der Waals surface area contributed by atoms with Gasteiger partial charge in [-0.3, -0.25) is 0 Å². The third-order valence-corrected chi connectivity index (χ3v) is 6.04. The largest absolute Gasteiger partial charge is 0.309 e. The molecule has 0 spiro atoms. The monoisotopic (exact) mass is 302 g/mol. The van der Waals surface area contributed by atoms with E-state index in [1.165, 1.54) is 47.4 Å². The Balaban J connectivity index is 1.53. The fourth-order valence-corrected chi connectivity index (χ4v) is 4.26. The minimum atomic E-state index is 0.464. The summed E-state index contributed by atoms with van der Waals surface area (Å²) in [7, 11) is 0. The van der Waals surface area contributed by atoms with Crippen molar-refractivity contribution in [2.24, 2.45) is 5.92 Å². The number of nitrogens with zero attached hydrogens (tertiary/aromatic N) is 1. The molecule has 0 saturated carbocycles. The number of fused-ring (bicyclic) bond motifs is 1. The molecule has 1 aliphatic rings. The molecule has 3 rings (SSSR count). The Morgan fingerprint density at radius 2 is 2.05 bits per heavy atom. The van der Waals surface area contributed by atoms with Gasteiger partial charge in [0.05, 0.1) is 0 Å². The van der Waals surface area contributed by atoms with Crippen LogP contribution in [0.1, 0.15) is 37.6 Å². The number of nitrogens with one attached hydrogen (secondary N) is 1. The van der Waals surface area contributed by atoms with Gasteiger partial charge in [0.1, 0.15) is 0 Å². The summed E-state index contributed by atoms with van der Waals surface area (Å²) >= 11 is 1.93. The number of benzene rings is 1. The molecule has 1 saturated heterocycles. The van der Waals surface area contributed by atoms with Gasteiger partial charge in [0.2, 0.25) is 0 Å². The minimum absolute atomic E-state index is 0.464. The molecule has 2 aromatic rings. The van der Waals surface area contributed by atoms with E-state index < -0.39 is 0 Å². The van der Waals surface area contributed by atoms with Crippen LogP contribution < -0.4 is 5.32 Å². The van der Waals surface area contributed by atoms with Crippen molar-refractivity contribution in [3.8, 4) is 0 Å². The fourth-order valence-electron chi connectivity index (χ4n) is 3.17. The third-order valence-electron chi connectivity index (χ3n) is 4.74. The van der Waals surface area contributed by atoms with Gasteiger partial charge in [-0.1, -0.05) is 25.1 Å². The number of rotatable bonds is 5. The van der Waals surface area contributed by atoms with Crippen LogP contribution in [-0.4, -0.2) is 31.1 Å². The quantitative estimate of drug-likeness (QED) is 0.886. The molecule has 21 heavy (non-hydrogen) atoms. The minimum Gasteiger partial charge on any atom is -0.309 e. The highest BCUT2D eigenvalue weighted by Gasteiger charge is 2.19. The molecule has 1 aromatic carbocycles. The van der Waals surface area contributed by atoms with Crippen LogP contribution >= 0.6 is 11.3 Å². The second-order valence-electron chi connectivity index (χ2n) is 6.19. The number of hydrogen-bond donors (Lipinski definition) is 1. The zero-order valence-corrected chi connectivity index (χ0v) is 14.0. The summed E-state index contributed by atoms with van der Waals surface area (Å²) in [6.45, 7) is 9.49. The first-order valence-electron chi connectivity index (χ1n) is 8.20. The van der Waals surface area contributed by atoms with Crippen LogP contribution in [0.2, 0.25) is 0 Å². The van der Waals surface area contributed by atoms with Crippen LogP contribution in [0.15, 0.2) is 30.3 Å². The molecular formula is C18H26N2S. The molecular weight excluding hydrogens is 276 g/mol. The first-order chi connectivity index (χ1) is 10.3. The Kier molecular flexibility index (Phi) is 4.94. The van der Waals surface area contributed by atoms with E-state index in [0.717, 1.165) is 12.5 Å². The molecule has 1 fully saturated rings. The standard InChI is InChI=1S/C18H26N2S/c1-3-20-10-8-15(9-11-20)13-19-14(2)18-12-16-6-4-5-7-17(16)21-18/h4-7,12,14-15,19H,3,8-11,13H2,1-2H3. The van der Waals surface area contributed by atoms with Crippen molar-refractivity contribution in [3.05, 3.63) is 35.2 Å². The van der Waals surface area contributed by atoms with Crippen LogP contribution in [0.5, 0.6) is 0 Å². The Morgan fingerprint density at radius 1 is 1.29 bits per heavy atom. The number of thiophene rings is 1. The zero-order valence-electron chi connectivity index (χ0n) is 13.1. The molecule has 114 valence electrons. The van der Waals surface area contributed by atoms with Gasteiger partial charge in [0, 0.05) is 15.6 Å². The molecule has 2 nitrogen and oxygen atoms in total. The van der Waals surface area contributed by atoms with E-state index in [1.807, 2.05) is 11.3 Å². The van der Waals surface area contributed by atoms with Crippen LogP contribution in [0.3, 0.4) is 0 Å². The van der Waals surface area contributed by atoms with Gasteiger partial charge in [0.25, 0.3) is 0 Å². The molecule has 1 N–H and O–H groups in total. The Hall–Kier alpha value is -0.900. The normalized spacial score (nSPS) is 19.1. The van der Waals surface area contributed by atoms with Crippen molar-refractivity contribution in [1.29, 1.82) is 0 Å². The third kappa shape index (κ3) is 3.65. The molecule has 0 bridgehead atoms. The lowest BCUT2D eigenvalue weighted by Crippen LogP contribution is -2.37. The highest BCUT2D eigenvalue weighted by Crippen LogP contribution is 2.29. The highest BCUT2D eigenvalue weighted by molar-refractivity contribution is 7.19. The molecule has 1 aromatic heterocycles. The molecule has 1 aliphatic heterocycles. The number of hydrogen-bond acceptors (Lipinski definition) is 3. The second kappa shape index (κ2) is 6.91. The average Bonchev–Trinajstić information content (AvgIpc) is 2.97. The van der Waals surface area contributed by atoms with Crippen LogP contribution in [0, 0.1) is 5.92 Å². The summed E-state index contributed by atoms with van der Waals surface area (Å²) in [5.74, 6) is 0.852. The van der Waals surface area contributed by atoms with E-state index in [9.17, 15) is 0 Å². The maximum atomic E-state index is 3.75. The van der Waals surface area contributed by atoms with E-state index >= 15 is 0 Å². The zero-order chi connectivity index (χ0) is 14.7. The van der Waals surface area contributed by atoms with Crippen molar-refractivity contribution >= 4 is 21.4 Å². The van der Waals surface area contributed by atoms with Gasteiger partial charge in [0.15, 0.2) is 0 Å². The molecule has 0 aliphatic carbocycles. The molecule has 1 unspecified atom stereocenters. The van der Waals surface area contributed by atoms with Crippen LogP contribution in [-0.2, 0) is 0 Å². The summed E-state index contributed by atoms with van der Waals surface area (Å²) < 4.78 is 1.40. The number of likely N-dealkylation sites (tertiary alicyclic amines) is 1. The Labute approximate surface area is 132 Å². The lowest BCUT2D eigenvalue weighted by atomic mass is 9.96. The SMILES string of the molecule is CCN1CCC(CNC(C)c2cc3ccccc3s2)CC1. The maximum Gasteiger partial charge on any atom is 0.0386 e. The van der Waals surface area contributed by atoms with Gasteiger partial charge in [-0.2, -0.15) is 0 Å². The Bertz CT molecular complexity index is 536. The second-order valence-corrected chi connectivity index (χ2v) is 7.31. The van der Waals surface area contributed by atoms with E-state index in [-0.39, 0.29) is 0 Å². The first-order valence-corrected chi connectivity index (χ1v) is 9.02. The smallest absolute Gasteiger partial charge is 0.0386 e.